The van der Waals surface area contributed by atoms with Crippen LogP contribution in [0.15, 0.2) is 18.2 Å². The van der Waals surface area contributed by atoms with Crippen molar-refractivity contribution in [2.45, 2.75) is 12.8 Å². The fourth-order valence-corrected chi connectivity index (χ4v) is 3.51. The van der Waals surface area contributed by atoms with Crippen LogP contribution in [0.25, 0.3) is 0 Å². The van der Waals surface area contributed by atoms with Crippen LogP contribution < -0.4 is 5.32 Å². The largest absolute Gasteiger partial charge is 0.383 e. The first-order chi connectivity index (χ1) is 9.36. The van der Waals surface area contributed by atoms with Gasteiger partial charge in [0, 0.05) is 19.6 Å². The summed E-state index contributed by atoms with van der Waals surface area (Å²) in [5.41, 5.74) is 0.545. The average Bonchev–Trinajstić information content (AvgIpc) is 2.39. The highest BCUT2D eigenvalue weighted by Crippen LogP contribution is 2.24. The number of anilines is 1. The van der Waals surface area contributed by atoms with Crippen molar-refractivity contribution < 1.29 is 12.8 Å². The minimum atomic E-state index is -3.14. The molecule has 1 aromatic rings. The SMILES string of the molecule is CS(=O)(=O)N1CCCC(CNc2cc(F)ccc2Cl)C1. The van der Waals surface area contributed by atoms with Gasteiger partial charge in [0.25, 0.3) is 0 Å². The van der Waals surface area contributed by atoms with E-state index in [0.29, 0.717) is 30.3 Å². The molecular weight excluding hydrogens is 303 g/mol. The number of benzene rings is 1. The summed E-state index contributed by atoms with van der Waals surface area (Å²) < 4.78 is 37.7. The molecule has 7 heteroatoms. The lowest BCUT2D eigenvalue weighted by Gasteiger charge is -2.31. The van der Waals surface area contributed by atoms with Crippen LogP contribution in [0.2, 0.25) is 5.02 Å². The minimum Gasteiger partial charge on any atom is -0.383 e. The van der Waals surface area contributed by atoms with E-state index in [9.17, 15) is 12.8 Å². The lowest BCUT2D eigenvalue weighted by atomic mass is 9.99. The lowest BCUT2D eigenvalue weighted by Crippen LogP contribution is -2.41. The van der Waals surface area contributed by atoms with E-state index in [-0.39, 0.29) is 11.7 Å². The van der Waals surface area contributed by atoms with E-state index in [0.717, 1.165) is 12.8 Å². The maximum Gasteiger partial charge on any atom is 0.211 e. The Morgan fingerprint density at radius 1 is 1.50 bits per heavy atom. The van der Waals surface area contributed by atoms with Crippen LogP contribution in [-0.4, -0.2) is 38.6 Å². The first-order valence-corrected chi connectivity index (χ1v) is 8.73. The first kappa shape index (κ1) is 15.5. The second kappa shape index (κ2) is 6.28. The van der Waals surface area contributed by atoms with Crippen molar-refractivity contribution in [3.8, 4) is 0 Å². The zero-order valence-electron chi connectivity index (χ0n) is 11.3. The molecule has 0 aliphatic carbocycles. The van der Waals surface area contributed by atoms with Crippen LogP contribution in [-0.2, 0) is 10.0 Å². The Morgan fingerprint density at radius 2 is 2.25 bits per heavy atom. The standard InChI is InChI=1S/C13H18ClFN2O2S/c1-20(18,19)17-6-2-3-10(9-17)8-16-13-7-11(15)4-5-12(13)14/h4-5,7,10,16H,2-3,6,8-9H2,1H3. The number of nitrogens with one attached hydrogen (secondary N) is 1. The Morgan fingerprint density at radius 3 is 2.95 bits per heavy atom. The molecule has 4 nitrogen and oxygen atoms in total. The molecule has 20 heavy (non-hydrogen) atoms. The Bertz CT molecular complexity index is 580. The number of halogens is 2. The highest BCUT2D eigenvalue weighted by molar-refractivity contribution is 7.88. The number of piperidine rings is 1. The Labute approximate surface area is 124 Å². The molecule has 0 amide bonds. The quantitative estimate of drug-likeness (QED) is 0.927. The van der Waals surface area contributed by atoms with Crippen molar-refractivity contribution in [1.29, 1.82) is 0 Å². The number of nitrogens with zero attached hydrogens (tertiary/aromatic N) is 1. The van der Waals surface area contributed by atoms with Gasteiger partial charge in [-0.2, -0.15) is 0 Å². The van der Waals surface area contributed by atoms with E-state index >= 15 is 0 Å². The van der Waals surface area contributed by atoms with Crippen molar-refractivity contribution in [3.05, 3.63) is 29.0 Å². The summed E-state index contributed by atoms with van der Waals surface area (Å²) in [7, 11) is -3.14. The van der Waals surface area contributed by atoms with Crippen molar-refractivity contribution in [2.24, 2.45) is 5.92 Å². The van der Waals surface area contributed by atoms with Gasteiger partial charge in [0.1, 0.15) is 5.82 Å². The molecular formula is C13H18ClFN2O2S. The normalized spacial score (nSPS) is 20.9. The van der Waals surface area contributed by atoms with E-state index in [4.69, 9.17) is 11.6 Å². The van der Waals surface area contributed by atoms with E-state index < -0.39 is 10.0 Å². The second-order valence-corrected chi connectivity index (χ2v) is 7.52. The Balaban J connectivity index is 1.95. The van der Waals surface area contributed by atoms with Gasteiger partial charge >= 0.3 is 0 Å². The molecule has 0 radical (unpaired) electrons. The average molecular weight is 321 g/mol. The fraction of sp³-hybridized carbons (Fsp3) is 0.538. The maximum absolute atomic E-state index is 13.1. The van der Waals surface area contributed by atoms with Crippen LogP contribution in [0.5, 0.6) is 0 Å². The van der Waals surface area contributed by atoms with Gasteiger partial charge in [0.15, 0.2) is 0 Å². The molecule has 1 saturated heterocycles. The lowest BCUT2D eigenvalue weighted by molar-refractivity contribution is 0.277. The highest BCUT2D eigenvalue weighted by atomic mass is 35.5. The predicted octanol–water partition coefficient (Wildman–Crippen LogP) is 2.56. The summed E-state index contributed by atoms with van der Waals surface area (Å²) in [6.45, 7) is 1.66. The molecule has 1 aromatic carbocycles. The van der Waals surface area contributed by atoms with Crippen LogP contribution in [0, 0.1) is 11.7 Å². The molecule has 1 aliphatic heterocycles. The van der Waals surface area contributed by atoms with E-state index in [2.05, 4.69) is 5.32 Å². The van der Waals surface area contributed by atoms with Gasteiger partial charge in [0.2, 0.25) is 10.0 Å². The molecule has 1 fully saturated rings. The van der Waals surface area contributed by atoms with Gasteiger partial charge in [-0.3, -0.25) is 0 Å². The number of sulfonamides is 1. The fourth-order valence-electron chi connectivity index (χ4n) is 2.38. The summed E-state index contributed by atoms with van der Waals surface area (Å²) >= 11 is 5.98. The van der Waals surface area contributed by atoms with Gasteiger partial charge in [-0.05, 0) is 37.0 Å². The molecule has 112 valence electrons. The Kier molecular flexibility index (Phi) is 4.88. The van der Waals surface area contributed by atoms with Crippen LogP contribution in [0.1, 0.15) is 12.8 Å². The number of rotatable bonds is 4. The molecule has 2 rings (SSSR count). The predicted molar refractivity (Wildman–Crippen MR) is 79.0 cm³/mol. The van der Waals surface area contributed by atoms with Crippen molar-refractivity contribution in [1.82, 2.24) is 4.31 Å². The topological polar surface area (TPSA) is 49.4 Å². The minimum absolute atomic E-state index is 0.206. The second-order valence-electron chi connectivity index (χ2n) is 5.13. The molecule has 1 unspecified atom stereocenters. The van der Waals surface area contributed by atoms with E-state index in [1.165, 1.54) is 28.8 Å². The van der Waals surface area contributed by atoms with Gasteiger partial charge in [0.05, 0.1) is 17.0 Å². The highest BCUT2D eigenvalue weighted by Gasteiger charge is 2.25. The van der Waals surface area contributed by atoms with E-state index in [1.807, 2.05) is 0 Å². The summed E-state index contributed by atoms with van der Waals surface area (Å²) in [6.07, 6.45) is 3.02. The van der Waals surface area contributed by atoms with Crippen molar-refractivity contribution in [3.63, 3.8) is 0 Å². The third-order valence-electron chi connectivity index (χ3n) is 3.46. The van der Waals surface area contributed by atoms with Crippen LogP contribution in [0.3, 0.4) is 0 Å². The molecule has 0 spiro atoms. The molecule has 0 aromatic heterocycles. The zero-order chi connectivity index (χ0) is 14.8. The van der Waals surface area contributed by atoms with E-state index in [1.54, 1.807) is 0 Å². The summed E-state index contributed by atoms with van der Waals surface area (Å²) in [6, 6.07) is 4.15. The zero-order valence-corrected chi connectivity index (χ0v) is 12.8. The molecule has 1 N–H and O–H groups in total. The van der Waals surface area contributed by atoms with Gasteiger partial charge in [-0.1, -0.05) is 11.6 Å². The third-order valence-corrected chi connectivity index (χ3v) is 5.06. The molecule has 1 heterocycles. The summed E-state index contributed by atoms with van der Waals surface area (Å²) in [5.74, 6) is -0.142. The molecule has 0 bridgehead atoms. The first-order valence-electron chi connectivity index (χ1n) is 6.50. The summed E-state index contributed by atoms with van der Waals surface area (Å²) in [4.78, 5) is 0. The van der Waals surface area contributed by atoms with Crippen molar-refractivity contribution >= 4 is 27.3 Å². The number of hydrogen-bond acceptors (Lipinski definition) is 3. The monoisotopic (exact) mass is 320 g/mol. The Hall–Kier alpha value is -0.850. The molecule has 1 aliphatic rings. The van der Waals surface area contributed by atoms with Crippen molar-refractivity contribution in [2.75, 3.05) is 31.2 Å². The smallest absolute Gasteiger partial charge is 0.211 e. The number of hydrogen-bond donors (Lipinski definition) is 1. The molecule has 1 atom stereocenters. The maximum atomic E-state index is 13.1. The van der Waals surface area contributed by atoms with Gasteiger partial charge in [-0.15, -0.1) is 0 Å². The van der Waals surface area contributed by atoms with Gasteiger partial charge in [-0.25, -0.2) is 17.1 Å². The van der Waals surface area contributed by atoms with Crippen LogP contribution >= 0.6 is 11.6 Å². The van der Waals surface area contributed by atoms with Crippen LogP contribution in [0.4, 0.5) is 10.1 Å². The van der Waals surface area contributed by atoms with Gasteiger partial charge < -0.3 is 5.32 Å². The third kappa shape index (κ3) is 4.07. The summed E-state index contributed by atoms with van der Waals surface area (Å²) in [5, 5.41) is 3.56. The molecule has 0 saturated carbocycles.